The third-order valence-corrected chi connectivity index (χ3v) is 7.05. The minimum atomic E-state index is -10.5. The predicted molar refractivity (Wildman–Crippen MR) is 106 cm³/mol. The van der Waals surface area contributed by atoms with Crippen molar-refractivity contribution in [2.75, 3.05) is 0 Å². The maximum atomic E-state index is 14.1. The van der Waals surface area contributed by atoms with Crippen molar-refractivity contribution in [3.8, 4) is 0 Å². The summed E-state index contributed by atoms with van der Waals surface area (Å²) in [7, 11) is 0. The molecule has 0 saturated carbocycles. The molecule has 0 aromatic heterocycles. The fourth-order valence-corrected chi connectivity index (χ4v) is 3.42. The Bertz CT molecular complexity index is 1610. The molecule has 0 N–H and O–H groups in total. The monoisotopic (exact) mass is 990 g/mol. The molecule has 0 fully saturated rings. The number of hydrogen-bond donors (Lipinski definition) is 0. The second-order valence-electron chi connectivity index (χ2n) is 10.8. The van der Waals surface area contributed by atoms with Crippen LogP contribution in [0.1, 0.15) is 0 Å². The molecule has 2 nitrogen and oxygen atoms in total. The van der Waals surface area contributed by atoms with Gasteiger partial charge in [0.15, 0.2) is 0 Å². The molecule has 0 aliphatic carbocycles. The van der Waals surface area contributed by atoms with Gasteiger partial charge in [0.1, 0.15) is 0 Å². The van der Waals surface area contributed by atoms with Gasteiger partial charge < -0.3 is 4.74 Å². The fraction of sp³-hybridized carbons (Fsp3) is 0.857. The lowest BCUT2D eigenvalue weighted by atomic mass is 9.82. The highest BCUT2D eigenvalue weighted by atomic mass is 19.4. The Morgan fingerprint density at radius 3 is 0.550 bits per heavy atom. The first-order valence-electron chi connectivity index (χ1n) is 12.6. The summed E-state index contributed by atoms with van der Waals surface area (Å²) >= 11 is 0. The van der Waals surface area contributed by atoms with E-state index in [1.807, 2.05) is 11.3 Å². The van der Waals surface area contributed by atoms with Crippen LogP contribution >= 0.6 is 0 Å². The van der Waals surface area contributed by atoms with Crippen LogP contribution in [0.25, 0.3) is 0 Å². The molecule has 1 unspecified atom stereocenters. The quantitative estimate of drug-likeness (QED) is 0.0825. The highest BCUT2D eigenvalue weighted by molar-refractivity contribution is 5.81. The van der Waals surface area contributed by atoms with E-state index in [9.17, 15) is 167 Å². The van der Waals surface area contributed by atoms with Crippen LogP contribution < -0.4 is 0 Å². The first kappa shape index (κ1) is 56.6. The predicted octanol–water partition coefficient (Wildman–Crippen LogP) is 12.0. The van der Waals surface area contributed by atoms with Gasteiger partial charge in [0, 0.05) is 6.08 Å². The van der Waals surface area contributed by atoms with Gasteiger partial charge in [-0.1, -0.05) is 6.58 Å². The molecule has 0 bridgehead atoms. The number of ether oxygens (including phenoxy) is 1. The van der Waals surface area contributed by atoms with Gasteiger partial charge >= 0.3 is 113 Å². The summed E-state index contributed by atoms with van der Waals surface area (Å²) in [5, 5.41) is 0. The number of alkyl halides is 37. The van der Waals surface area contributed by atoms with Crippen molar-refractivity contribution in [1.82, 2.24) is 0 Å². The highest BCUT2D eigenvalue weighted by Crippen LogP contribution is 2.70. The number of halogens is 37. The Morgan fingerprint density at radius 2 is 0.417 bits per heavy atom. The molecule has 1 atom stereocenters. The van der Waals surface area contributed by atoms with Gasteiger partial charge in [0.2, 0.25) is 0 Å². The zero-order valence-electron chi connectivity index (χ0n) is 25.6. The number of carbonyl (C=O) groups excluding carboxylic acids is 1. The van der Waals surface area contributed by atoms with E-state index < -0.39 is 119 Å². The molecule has 60 heavy (non-hydrogen) atoms. The number of esters is 1. The summed E-state index contributed by atoms with van der Waals surface area (Å²) in [5.41, 5.74) is 0. The second kappa shape index (κ2) is 13.8. The third-order valence-electron chi connectivity index (χ3n) is 7.05. The Morgan fingerprint density at radius 1 is 0.267 bits per heavy atom. The molecular formula is C21H3F37O2. The molecule has 0 heterocycles. The summed E-state index contributed by atoms with van der Waals surface area (Å²) < 4.78 is 503. The van der Waals surface area contributed by atoms with Crippen LogP contribution in [0.2, 0.25) is 0 Å². The fourth-order valence-electron chi connectivity index (χ4n) is 3.42. The van der Waals surface area contributed by atoms with Crippen LogP contribution in [0, 0.1) is 0 Å². The van der Waals surface area contributed by atoms with E-state index >= 15 is 0 Å². The van der Waals surface area contributed by atoms with Gasteiger partial charge in [-0.25, -0.2) is 4.79 Å². The van der Waals surface area contributed by atoms with Crippen molar-refractivity contribution >= 4 is 5.97 Å². The molecule has 358 valence electrons. The highest BCUT2D eigenvalue weighted by Gasteiger charge is 3.03. The van der Waals surface area contributed by atoms with E-state index in [0.717, 1.165) is 0 Å². The van der Waals surface area contributed by atoms with E-state index in [-0.39, 0.29) is 0 Å². The van der Waals surface area contributed by atoms with Crippen molar-refractivity contribution < 1.29 is 172 Å². The lowest BCUT2D eigenvalue weighted by Gasteiger charge is -2.47. The minimum Gasteiger partial charge on any atom is -0.411 e. The van der Waals surface area contributed by atoms with Gasteiger partial charge in [-0.05, 0) is 0 Å². The number of carbonyl (C=O) groups is 1. The van der Waals surface area contributed by atoms with Crippen LogP contribution in [-0.4, -0.2) is 113 Å². The summed E-state index contributed by atoms with van der Waals surface area (Å²) in [4.78, 5) is 10.7. The van der Waals surface area contributed by atoms with E-state index in [2.05, 4.69) is 0 Å². The third kappa shape index (κ3) is 6.40. The lowest BCUT2D eigenvalue weighted by Crippen LogP contribution is -2.80. The van der Waals surface area contributed by atoms with Crippen molar-refractivity contribution in [2.24, 2.45) is 0 Å². The molecule has 0 amide bonds. The van der Waals surface area contributed by atoms with Gasteiger partial charge in [0.05, 0.1) is 0 Å². The van der Waals surface area contributed by atoms with E-state index in [1.54, 1.807) is 0 Å². The Balaban J connectivity index is 7.97. The number of rotatable bonds is 17. The smallest absolute Gasteiger partial charge is 0.411 e. The summed E-state index contributed by atoms with van der Waals surface area (Å²) in [5.74, 6) is -162. The SMILES string of the molecule is C=CC(=O)OC(F)(C(F)(F)F)C(F)(F)C(F)(F)C(F)(F)C(F)(F)C(F)(F)C(F)(F)C(F)(F)C(F)(F)C(F)(F)C(F)(F)C(F)(F)C(F)(F)C(F)(F)C(F)(F)C(F)(F)C(F)(F)F. The van der Waals surface area contributed by atoms with E-state index in [0.29, 0.717) is 0 Å². The Hall–Kier alpha value is -3.38. The Labute approximate surface area is 299 Å². The average molecular weight is 990 g/mol. The molecule has 0 aliphatic heterocycles. The molecule has 0 spiro atoms. The first-order valence-corrected chi connectivity index (χ1v) is 12.6. The summed E-state index contributed by atoms with van der Waals surface area (Å²) in [6.45, 7) is 1.93. The normalized spacial score (nSPS) is 17.7. The van der Waals surface area contributed by atoms with Crippen LogP contribution in [-0.2, 0) is 9.53 Å². The van der Waals surface area contributed by atoms with E-state index in [4.69, 9.17) is 0 Å². The lowest BCUT2D eigenvalue weighted by molar-refractivity contribution is -0.496. The van der Waals surface area contributed by atoms with Gasteiger partial charge in [-0.15, -0.1) is 0 Å². The zero-order chi connectivity index (χ0) is 50.0. The van der Waals surface area contributed by atoms with Crippen molar-refractivity contribution in [1.29, 1.82) is 0 Å². The second-order valence-corrected chi connectivity index (χ2v) is 10.8. The van der Waals surface area contributed by atoms with Crippen LogP contribution in [0.15, 0.2) is 12.7 Å². The summed E-state index contributed by atoms with van der Waals surface area (Å²) in [6, 6.07) is 0. The molecule has 39 heteroatoms. The minimum absolute atomic E-state index is 1.05. The maximum absolute atomic E-state index is 14.1. The zero-order valence-corrected chi connectivity index (χ0v) is 25.6. The van der Waals surface area contributed by atoms with Gasteiger partial charge in [0.25, 0.3) is 0 Å². The van der Waals surface area contributed by atoms with E-state index in [1.165, 1.54) is 0 Å². The number of hydrogen-bond acceptors (Lipinski definition) is 2. The molecule has 0 saturated heterocycles. The van der Waals surface area contributed by atoms with Crippen molar-refractivity contribution in [2.45, 2.75) is 107 Å². The van der Waals surface area contributed by atoms with Gasteiger partial charge in [-0.2, -0.15) is 162 Å². The molecular weight excluding hydrogens is 987 g/mol. The van der Waals surface area contributed by atoms with Crippen molar-refractivity contribution in [3.63, 3.8) is 0 Å². The standard InChI is InChI=1S/C21H3F37O2/c1-2-3(59)60-19(52,21(56,57)58)17(48,49)15(44,45)13(40,41)11(36,37)9(32,33)7(28,29)5(24,25)4(22,23)6(26,27)8(30,31)10(34,35)12(38,39)14(42,43)16(46,47)18(50,51)20(53,54)55/h2H,1H2. The summed E-state index contributed by atoms with van der Waals surface area (Å²) in [6.07, 6.45) is -17.8. The van der Waals surface area contributed by atoms with Crippen LogP contribution in [0.4, 0.5) is 162 Å². The van der Waals surface area contributed by atoms with Crippen molar-refractivity contribution in [3.05, 3.63) is 12.7 Å². The molecule has 0 aromatic rings. The molecule has 0 aliphatic rings. The largest absolute Gasteiger partial charge is 0.467 e. The molecule has 0 rings (SSSR count). The average Bonchev–Trinajstić information content (AvgIpc) is 3.01. The topological polar surface area (TPSA) is 26.3 Å². The maximum Gasteiger partial charge on any atom is 0.467 e. The van der Waals surface area contributed by atoms with Gasteiger partial charge in [-0.3, -0.25) is 0 Å². The van der Waals surface area contributed by atoms with Crippen LogP contribution in [0.5, 0.6) is 0 Å². The van der Waals surface area contributed by atoms with Crippen LogP contribution in [0.3, 0.4) is 0 Å². The molecule has 0 aromatic carbocycles. The molecule has 0 radical (unpaired) electrons. The Kier molecular flexibility index (Phi) is 13.0. The first-order chi connectivity index (χ1) is 25.2.